The molecule has 0 unspecified atom stereocenters. The lowest BCUT2D eigenvalue weighted by Crippen LogP contribution is -2.42. The molecule has 0 bridgehead atoms. The zero-order chi connectivity index (χ0) is 13.4. The number of methoxy groups -OCH3 is 1. The number of aliphatic imine (C=N–C) groups is 1. The molecule has 0 aliphatic rings. The summed E-state index contributed by atoms with van der Waals surface area (Å²) in [5, 5.41) is 0. The van der Waals surface area contributed by atoms with Crippen molar-refractivity contribution in [2.45, 2.75) is 6.54 Å². The van der Waals surface area contributed by atoms with Gasteiger partial charge in [-0.2, -0.15) is 0 Å². The van der Waals surface area contributed by atoms with E-state index in [4.69, 9.17) is 10.6 Å². The number of nitrogens with one attached hydrogen (secondary N) is 1. The van der Waals surface area contributed by atoms with Gasteiger partial charge in [-0.1, -0.05) is 18.2 Å². The average Bonchev–Trinajstić information content (AvgIpc) is 2.37. The van der Waals surface area contributed by atoms with E-state index < -0.39 is 0 Å². The monoisotopic (exact) mass is 254 g/mol. The van der Waals surface area contributed by atoms with Gasteiger partial charge in [-0.3, -0.25) is 5.43 Å². The van der Waals surface area contributed by atoms with Crippen LogP contribution in [0.15, 0.2) is 29.3 Å². The van der Waals surface area contributed by atoms with E-state index in [9.17, 15) is 4.39 Å². The Bertz CT molecular complexity index is 397. The fourth-order valence-corrected chi connectivity index (χ4v) is 1.48. The molecule has 1 aromatic carbocycles. The molecule has 0 spiro atoms. The van der Waals surface area contributed by atoms with Crippen LogP contribution in [0.3, 0.4) is 0 Å². The molecule has 0 aliphatic carbocycles. The molecular formula is C12H19FN4O. The van der Waals surface area contributed by atoms with Crippen LogP contribution in [0.25, 0.3) is 0 Å². The summed E-state index contributed by atoms with van der Waals surface area (Å²) in [5.41, 5.74) is 3.09. The maximum atomic E-state index is 13.5. The van der Waals surface area contributed by atoms with Crippen LogP contribution in [0.5, 0.6) is 0 Å². The Balaban J connectivity index is 2.65. The Kier molecular flexibility index (Phi) is 6.10. The molecule has 0 saturated carbocycles. The van der Waals surface area contributed by atoms with Crippen molar-refractivity contribution in [3.05, 3.63) is 35.6 Å². The van der Waals surface area contributed by atoms with Crippen molar-refractivity contribution in [3.63, 3.8) is 0 Å². The lowest BCUT2D eigenvalue weighted by atomic mass is 10.2. The minimum atomic E-state index is -0.238. The standard InChI is InChI=1S/C12H19FN4O/c1-17(12(16-14)15-7-8-18-2)9-10-5-3-4-6-11(10)13/h3-6H,7-9,14H2,1-2H3,(H,15,16). The van der Waals surface area contributed by atoms with Crippen LogP contribution in [-0.2, 0) is 11.3 Å². The second kappa shape index (κ2) is 7.62. The molecule has 1 aromatic rings. The maximum absolute atomic E-state index is 13.5. The number of ether oxygens (including phenoxy) is 1. The molecule has 5 nitrogen and oxygen atoms in total. The summed E-state index contributed by atoms with van der Waals surface area (Å²) in [6, 6.07) is 6.62. The molecule has 0 heterocycles. The first-order chi connectivity index (χ1) is 8.69. The van der Waals surface area contributed by atoms with Gasteiger partial charge in [0.25, 0.3) is 0 Å². The highest BCUT2D eigenvalue weighted by Gasteiger charge is 2.08. The first-order valence-electron chi connectivity index (χ1n) is 5.63. The number of hydrazine groups is 1. The maximum Gasteiger partial charge on any atom is 0.208 e. The van der Waals surface area contributed by atoms with Gasteiger partial charge in [-0.05, 0) is 6.07 Å². The van der Waals surface area contributed by atoms with Gasteiger partial charge in [0.15, 0.2) is 0 Å². The minimum Gasteiger partial charge on any atom is -0.383 e. The van der Waals surface area contributed by atoms with Gasteiger partial charge in [0.2, 0.25) is 5.96 Å². The number of benzene rings is 1. The van der Waals surface area contributed by atoms with Crippen LogP contribution >= 0.6 is 0 Å². The van der Waals surface area contributed by atoms with E-state index in [2.05, 4.69) is 10.4 Å². The molecule has 0 atom stereocenters. The lowest BCUT2D eigenvalue weighted by Gasteiger charge is -2.20. The van der Waals surface area contributed by atoms with Crippen LogP contribution in [0.2, 0.25) is 0 Å². The zero-order valence-electron chi connectivity index (χ0n) is 10.7. The van der Waals surface area contributed by atoms with Gasteiger partial charge < -0.3 is 9.64 Å². The zero-order valence-corrected chi connectivity index (χ0v) is 10.7. The quantitative estimate of drug-likeness (QED) is 0.267. The molecule has 1 rings (SSSR count). The van der Waals surface area contributed by atoms with E-state index in [0.717, 1.165) is 0 Å². The number of halogens is 1. The molecule has 0 aliphatic heterocycles. The Morgan fingerprint density at radius 2 is 2.22 bits per heavy atom. The number of hydrogen-bond donors (Lipinski definition) is 2. The Hall–Kier alpha value is -1.66. The SMILES string of the molecule is COCCN=C(NN)N(C)Cc1ccccc1F. The van der Waals surface area contributed by atoms with Gasteiger partial charge in [-0.15, -0.1) is 0 Å². The summed E-state index contributed by atoms with van der Waals surface area (Å²) in [4.78, 5) is 5.96. The second-order valence-corrected chi connectivity index (χ2v) is 3.79. The number of rotatable bonds is 5. The van der Waals surface area contributed by atoms with Crippen molar-refractivity contribution >= 4 is 5.96 Å². The largest absolute Gasteiger partial charge is 0.383 e. The van der Waals surface area contributed by atoms with Gasteiger partial charge in [0.05, 0.1) is 13.2 Å². The Labute approximate surface area is 106 Å². The van der Waals surface area contributed by atoms with E-state index in [1.165, 1.54) is 6.07 Å². The first kappa shape index (κ1) is 14.4. The fourth-order valence-electron chi connectivity index (χ4n) is 1.48. The summed E-state index contributed by atoms with van der Waals surface area (Å²) < 4.78 is 18.4. The van der Waals surface area contributed by atoms with E-state index >= 15 is 0 Å². The molecular weight excluding hydrogens is 235 g/mol. The lowest BCUT2D eigenvalue weighted by molar-refractivity contribution is 0.207. The first-order valence-corrected chi connectivity index (χ1v) is 5.63. The summed E-state index contributed by atoms with van der Waals surface area (Å²) in [6.07, 6.45) is 0. The summed E-state index contributed by atoms with van der Waals surface area (Å²) in [6.45, 7) is 1.40. The third-order valence-corrected chi connectivity index (χ3v) is 2.41. The highest BCUT2D eigenvalue weighted by atomic mass is 19.1. The smallest absolute Gasteiger partial charge is 0.208 e. The van der Waals surface area contributed by atoms with Gasteiger partial charge >= 0.3 is 0 Å². The third kappa shape index (κ3) is 4.31. The number of guanidine groups is 1. The average molecular weight is 254 g/mol. The topological polar surface area (TPSA) is 62.9 Å². The Morgan fingerprint density at radius 3 is 2.83 bits per heavy atom. The molecule has 0 radical (unpaired) electrons. The summed E-state index contributed by atoms with van der Waals surface area (Å²) in [5.74, 6) is 5.65. The molecule has 0 aromatic heterocycles. The minimum absolute atomic E-state index is 0.238. The molecule has 18 heavy (non-hydrogen) atoms. The van der Waals surface area contributed by atoms with Crippen molar-refractivity contribution in [2.75, 3.05) is 27.3 Å². The van der Waals surface area contributed by atoms with Crippen LogP contribution in [0.1, 0.15) is 5.56 Å². The highest BCUT2D eigenvalue weighted by Crippen LogP contribution is 2.08. The third-order valence-electron chi connectivity index (χ3n) is 2.41. The van der Waals surface area contributed by atoms with E-state index in [0.29, 0.717) is 31.2 Å². The van der Waals surface area contributed by atoms with Gasteiger partial charge in [-0.25, -0.2) is 15.2 Å². The number of nitrogens with two attached hydrogens (primary N) is 1. The summed E-state index contributed by atoms with van der Waals surface area (Å²) in [7, 11) is 3.39. The van der Waals surface area contributed by atoms with E-state index in [-0.39, 0.29) is 5.82 Å². The molecule has 0 amide bonds. The second-order valence-electron chi connectivity index (χ2n) is 3.79. The van der Waals surface area contributed by atoms with Gasteiger partial charge in [0, 0.05) is 26.3 Å². The normalized spacial score (nSPS) is 11.4. The van der Waals surface area contributed by atoms with E-state index in [1.807, 2.05) is 0 Å². The van der Waals surface area contributed by atoms with Crippen molar-refractivity contribution in [1.82, 2.24) is 10.3 Å². The van der Waals surface area contributed by atoms with E-state index in [1.54, 1.807) is 37.3 Å². The van der Waals surface area contributed by atoms with Gasteiger partial charge in [0.1, 0.15) is 5.82 Å². The number of hydrogen-bond acceptors (Lipinski definition) is 3. The van der Waals surface area contributed by atoms with Crippen molar-refractivity contribution in [3.8, 4) is 0 Å². The van der Waals surface area contributed by atoms with Crippen LogP contribution in [0, 0.1) is 5.82 Å². The predicted molar refractivity (Wildman–Crippen MR) is 69.4 cm³/mol. The molecule has 3 N–H and O–H groups in total. The molecule has 100 valence electrons. The van der Waals surface area contributed by atoms with Crippen LogP contribution < -0.4 is 11.3 Å². The van der Waals surface area contributed by atoms with Crippen LogP contribution in [-0.4, -0.2) is 38.2 Å². The van der Waals surface area contributed by atoms with Crippen molar-refractivity contribution in [2.24, 2.45) is 10.8 Å². The summed E-state index contributed by atoms with van der Waals surface area (Å²) >= 11 is 0. The van der Waals surface area contributed by atoms with Crippen molar-refractivity contribution in [1.29, 1.82) is 0 Å². The molecule has 0 saturated heterocycles. The number of nitrogens with zero attached hydrogens (tertiary/aromatic N) is 2. The van der Waals surface area contributed by atoms with Crippen molar-refractivity contribution < 1.29 is 9.13 Å². The highest BCUT2D eigenvalue weighted by molar-refractivity contribution is 5.79. The van der Waals surface area contributed by atoms with Crippen LogP contribution in [0.4, 0.5) is 4.39 Å². The fraction of sp³-hybridized carbons (Fsp3) is 0.417. The predicted octanol–water partition coefficient (Wildman–Crippen LogP) is 0.723. The Morgan fingerprint density at radius 1 is 1.50 bits per heavy atom. The molecule has 6 heteroatoms. The molecule has 0 fully saturated rings.